The molecule has 0 atom stereocenters. The number of nitrogens with one attached hydrogen (secondary N) is 2. The van der Waals surface area contributed by atoms with Crippen LogP contribution in [0.2, 0.25) is 0 Å². The molecule has 0 amide bonds. The summed E-state index contributed by atoms with van der Waals surface area (Å²) < 4.78 is 26.8. The van der Waals surface area contributed by atoms with Crippen molar-refractivity contribution in [3.63, 3.8) is 0 Å². The van der Waals surface area contributed by atoms with E-state index in [9.17, 15) is 8.78 Å². The lowest BCUT2D eigenvalue weighted by atomic mass is 10.1. The van der Waals surface area contributed by atoms with E-state index in [1.165, 1.54) is 24.3 Å². The highest BCUT2D eigenvalue weighted by atomic mass is 19.1. The van der Waals surface area contributed by atoms with Crippen LogP contribution in [-0.4, -0.2) is 13.1 Å². The maximum atomic E-state index is 13.4. The van der Waals surface area contributed by atoms with Gasteiger partial charge in [-0.25, -0.2) is 8.78 Å². The van der Waals surface area contributed by atoms with Gasteiger partial charge < -0.3 is 10.6 Å². The fraction of sp³-hybridized carbons (Fsp3) is 0.125. The lowest BCUT2D eigenvalue weighted by molar-refractivity contribution is 0.623. The third-order valence-corrected chi connectivity index (χ3v) is 3.01. The van der Waals surface area contributed by atoms with Gasteiger partial charge in [0.2, 0.25) is 0 Å². The van der Waals surface area contributed by atoms with Gasteiger partial charge in [0.25, 0.3) is 0 Å². The summed E-state index contributed by atoms with van der Waals surface area (Å²) in [7, 11) is 0. The molecular weight excluding hydrogens is 286 g/mol. The minimum atomic E-state index is -0.586. The van der Waals surface area contributed by atoms with E-state index < -0.39 is 11.6 Å². The Labute approximate surface area is 126 Å². The highest BCUT2D eigenvalue weighted by molar-refractivity contribution is 5.59. The monoisotopic (exact) mass is 298 g/mol. The molecule has 0 fully saturated rings. The fourth-order valence-electron chi connectivity index (χ4n) is 1.96. The number of halogens is 2. The van der Waals surface area contributed by atoms with Gasteiger partial charge in [-0.3, -0.25) is 0 Å². The molecule has 0 saturated heterocycles. The van der Waals surface area contributed by atoms with Gasteiger partial charge in [0.05, 0.1) is 11.4 Å². The zero-order chi connectivity index (χ0) is 15.9. The lowest BCUT2D eigenvalue weighted by Crippen LogP contribution is -2.15. The third-order valence-electron chi connectivity index (χ3n) is 3.01. The number of rotatable bonds is 5. The van der Waals surface area contributed by atoms with Crippen LogP contribution in [-0.2, 0) is 0 Å². The number of hydrogen-bond donors (Lipinski definition) is 2. The van der Waals surface area contributed by atoms with E-state index in [4.69, 9.17) is 10.5 Å². The topological polar surface area (TPSA) is 71.6 Å². The van der Waals surface area contributed by atoms with Crippen molar-refractivity contribution in [2.45, 2.75) is 0 Å². The maximum Gasteiger partial charge on any atom is 0.143 e. The number of anilines is 2. The molecule has 22 heavy (non-hydrogen) atoms. The second-order valence-electron chi connectivity index (χ2n) is 4.40. The second-order valence-corrected chi connectivity index (χ2v) is 4.40. The molecule has 0 bridgehead atoms. The molecule has 4 nitrogen and oxygen atoms in total. The van der Waals surface area contributed by atoms with Crippen molar-refractivity contribution in [3.8, 4) is 12.1 Å². The third kappa shape index (κ3) is 3.31. The van der Waals surface area contributed by atoms with Crippen LogP contribution in [0.5, 0.6) is 0 Å². The second kappa shape index (κ2) is 7.05. The molecule has 0 heterocycles. The van der Waals surface area contributed by atoms with Crippen molar-refractivity contribution in [2.24, 2.45) is 0 Å². The normalized spacial score (nSPS) is 9.64. The van der Waals surface area contributed by atoms with Gasteiger partial charge in [0.1, 0.15) is 34.9 Å². The summed E-state index contributed by atoms with van der Waals surface area (Å²) in [5.74, 6) is -1.17. The zero-order valence-corrected chi connectivity index (χ0v) is 11.5. The molecule has 2 aromatic carbocycles. The molecule has 0 aliphatic rings. The summed E-state index contributed by atoms with van der Waals surface area (Å²) in [4.78, 5) is 0. The SMILES string of the molecule is N#Cc1c(F)cccc1NCCNc1cccc(F)c1C#N. The molecule has 0 aliphatic heterocycles. The van der Waals surface area contributed by atoms with E-state index in [2.05, 4.69) is 10.6 Å². The molecule has 0 radical (unpaired) electrons. The van der Waals surface area contributed by atoms with Crippen LogP contribution >= 0.6 is 0 Å². The molecule has 0 saturated carbocycles. The minimum Gasteiger partial charge on any atom is -0.382 e. The van der Waals surface area contributed by atoms with E-state index in [1.54, 1.807) is 24.3 Å². The molecule has 110 valence electrons. The molecule has 0 aliphatic carbocycles. The van der Waals surface area contributed by atoms with Crippen molar-refractivity contribution < 1.29 is 8.78 Å². The number of hydrogen-bond acceptors (Lipinski definition) is 4. The van der Waals surface area contributed by atoms with Crippen molar-refractivity contribution in [2.75, 3.05) is 23.7 Å². The molecule has 0 unspecified atom stereocenters. The van der Waals surface area contributed by atoms with Crippen LogP contribution in [0.4, 0.5) is 20.2 Å². The average molecular weight is 298 g/mol. The van der Waals surface area contributed by atoms with E-state index in [1.807, 2.05) is 0 Å². The lowest BCUT2D eigenvalue weighted by Gasteiger charge is -2.11. The summed E-state index contributed by atoms with van der Waals surface area (Å²) in [5.41, 5.74) is 0.685. The van der Waals surface area contributed by atoms with Crippen LogP contribution in [0.3, 0.4) is 0 Å². The van der Waals surface area contributed by atoms with E-state index in [0.717, 1.165) is 0 Å². The smallest absolute Gasteiger partial charge is 0.143 e. The van der Waals surface area contributed by atoms with Crippen LogP contribution in [0.15, 0.2) is 36.4 Å². The largest absolute Gasteiger partial charge is 0.382 e. The number of nitriles is 2. The van der Waals surface area contributed by atoms with Crippen molar-refractivity contribution >= 4 is 11.4 Å². The molecule has 6 heteroatoms. The Morgan fingerprint density at radius 1 is 0.773 bits per heavy atom. The summed E-state index contributed by atoms with van der Waals surface area (Å²) >= 11 is 0. The Balaban J connectivity index is 1.97. The summed E-state index contributed by atoms with van der Waals surface area (Å²) in [6.07, 6.45) is 0. The number of nitrogens with zero attached hydrogens (tertiary/aromatic N) is 2. The fourth-order valence-corrected chi connectivity index (χ4v) is 1.96. The van der Waals surface area contributed by atoms with Crippen molar-refractivity contribution in [3.05, 3.63) is 59.2 Å². The highest BCUT2D eigenvalue weighted by Gasteiger charge is 2.08. The molecule has 0 aromatic heterocycles. The van der Waals surface area contributed by atoms with Crippen LogP contribution in [0.25, 0.3) is 0 Å². The van der Waals surface area contributed by atoms with Gasteiger partial charge in [-0.15, -0.1) is 0 Å². The first-order valence-corrected chi connectivity index (χ1v) is 6.52. The van der Waals surface area contributed by atoms with Gasteiger partial charge >= 0.3 is 0 Å². The molecule has 2 N–H and O–H groups in total. The van der Waals surface area contributed by atoms with Gasteiger partial charge in [-0.2, -0.15) is 10.5 Å². The Morgan fingerprint density at radius 3 is 1.55 bits per heavy atom. The van der Waals surface area contributed by atoms with Crippen LogP contribution in [0, 0.1) is 34.3 Å². The van der Waals surface area contributed by atoms with E-state index in [-0.39, 0.29) is 11.1 Å². The summed E-state index contributed by atoms with van der Waals surface area (Å²) in [5, 5.41) is 23.7. The van der Waals surface area contributed by atoms with E-state index >= 15 is 0 Å². The Kier molecular flexibility index (Phi) is 4.89. The quantitative estimate of drug-likeness (QED) is 0.831. The first-order chi connectivity index (χ1) is 10.7. The Bertz CT molecular complexity index is 694. The van der Waals surface area contributed by atoms with Gasteiger partial charge in [0.15, 0.2) is 0 Å². The Hall–Kier alpha value is -3.12. The first kappa shape index (κ1) is 15.3. The first-order valence-electron chi connectivity index (χ1n) is 6.52. The number of benzene rings is 2. The highest BCUT2D eigenvalue weighted by Crippen LogP contribution is 2.19. The van der Waals surface area contributed by atoms with Crippen molar-refractivity contribution in [1.82, 2.24) is 0 Å². The van der Waals surface area contributed by atoms with Crippen LogP contribution < -0.4 is 10.6 Å². The molecule has 2 rings (SSSR count). The van der Waals surface area contributed by atoms with Crippen molar-refractivity contribution in [1.29, 1.82) is 10.5 Å². The Morgan fingerprint density at radius 2 is 1.18 bits per heavy atom. The zero-order valence-electron chi connectivity index (χ0n) is 11.5. The molecule has 2 aromatic rings. The van der Waals surface area contributed by atoms with Gasteiger partial charge in [-0.1, -0.05) is 12.1 Å². The van der Waals surface area contributed by atoms with Gasteiger partial charge in [0, 0.05) is 13.1 Å². The summed E-state index contributed by atoms with van der Waals surface area (Å²) in [6.45, 7) is 0.749. The minimum absolute atomic E-state index is 0.0500. The summed E-state index contributed by atoms with van der Waals surface area (Å²) in [6, 6.07) is 12.2. The standard InChI is InChI=1S/C16H12F2N4/c17-13-3-1-5-15(11(13)9-19)21-7-8-22-16-6-2-4-14(18)12(16)10-20/h1-6,21-22H,7-8H2. The van der Waals surface area contributed by atoms with Crippen LogP contribution in [0.1, 0.15) is 11.1 Å². The molecule has 0 spiro atoms. The molecular formula is C16H12F2N4. The maximum absolute atomic E-state index is 13.4. The van der Waals surface area contributed by atoms with Gasteiger partial charge in [-0.05, 0) is 24.3 Å². The van der Waals surface area contributed by atoms with E-state index in [0.29, 0.717) is 24.5 Å². The predicted molar refractivity (Wildman–Crippen MR) is 79.2 cm³/mol. The predicted octanol–water partition coefficient (Wildman–Crippen LogP) is 3.23. The average Bonchev–Trinajstić information content (AvgIpc) is 2.52.